The van der Waals surface area contributed by atoms with Gasteiger partial charge in [0.25, 0.3) is 0 Å². The second-order valence-corrected chi connectivity index (χ2v) is 5.46. The molecule has 1 saturated carbocycles. The fraction of sp³-hybridized carbons (Fsp3) is 0.429. The Balaban J connectivity index is 2.35. The lowest BCUT2D eigenvalue weighted by Crippen LogP contribution is -2.32. The van der Waals surface area contributed by atoms with Gasteiger partial charge in [-0.25, -0.2) is 0 Å². The first-order valence-corrected chi connectivity index (χ1v) is 6.54. The molecule has 1 aliphatic carbocycles. The molecule has 1 fully saturated rings. The maximum atomic E-state index is 10.7. The molecule has 0 amide bonds. The average Bonchev–Trinajstić information content (AvgIpc) is 2.26. The quantitative estimate of drug-likeness (QED) is 0.886. The number of rotatable bonds is 4. The molecule has 4 nitrogen and oxygen atoms in total. The van der Waals surface area contributed by atoms with Gasteiger partial charge < -0.3 is 10.8 Å². The first kappa shape index (κ1) is 13.9. The van der Waals surface area contributed by atoms with E-state index in [1.165, 1.54) is 0 Å². The number of nitrogens with two attached hydrogens (primary N) is 1. The third-order valence-corrected chi connectivity index (χ3v) is 3.93. The van der Waals surface area contributed by atoms with Crippen LogP contribution in [0.15, 0.2) is 18.2 Å². The summed E-state index contributed by atoms with van der Waals surface area (Å²) in [5, 5.41) is 18.6. The van der Waals surface area contributed by atoms with E-state index in [2.05, 4.69) is 6.07 Å². The Morgan fingerprint density at radius 3 is 2.68 bits per heavy atom. The van der Waals surface area contributed by atoms with Gasteiger partial charge in [0.1, 0.15) is 0 Å². The lowest BCUT2D eigenvalue weighted by molar-refractivity contribution is -0.137. The van der Waals surface area contributed by atoms with Crippen LogP contribution in [-0.4, -0.2) is 11.1 Å². The fourth-order valence-corrected chi connectivity index (χ4v) is 2.65. The summed E-state index contributed by atoms with van der Waals surface area (Å²) in [6.07, 6.45) is 2.50. The molecule has 1 aromatic rings. The lowest BCUT2D eigenvalue weighted by Gasteiger charge is -2.36. The summed E-state index contributed by atoms with van der Waals surface area (Å²) in [7, 11) is 0. The number of hydrogen-bond acceptors (Lipinski definition) is 3. The molecular formula is C14H15ClN2O2. The van der Waals surface area contributed by atoms with Crippen molar-refractivity contribution >= 4 is 17.6 Å². The fourth-order valence-electron chi connectivity index (χ4n) is 2.40. The van der Waals surface area contributed by atoms with E-state index in [4.69, 9.17) is 22.4 Å². The van der Waals surface area contributed by atoms with Crippen LogP contribution in [-0.2, 0) is 10.2 Å². The highest BCUT2D eigenvalue weighted by Gasteiger charge is 2.39. The standard InChI is InChI=1S/C14H15ClN2O2/c15-11-5-9(12(17)7-13(18)19)4-10(6-11)14(8-16)2-1-3-14/h4-6,12H,1-3,7,17H2,(H,18,19)/t12-/m0/s1. The molecule has 3 N–H and O–H groups in total. The Hall–Kier alpha value is -1.57. The first-order chi connectivity index (χ1) is 8.97. The summed E-state index contributed by atoms with van der Waals surface area (Å²) < 4.78 is 0. The van der Waals surface area contributed by atoms with Crippen molar-refractivity contribution in [1.29, 1.82) is 5.26 Å². The van der Waals surface area contributed by atoms with Gasteiger partial charge in [0.05, 0.1) is 17.9 Å². The normalized spacial score (nSPS) is 18.2. The Morgan fingerprint density at radius 1 is 1.53 bits per heavy atom. The largest absolute Gasteiger partial charge is 0.481 e. The van der Waals surface area contributed by atoms with Crippen LogP contribution < -0.4 is 5.73 Å². The van der Waals surface area contributed by atoms with Gasteiger partial charge in [-0.15, -0.1) is 0 Å². The maximum Gasteiger partial charge on any atom is 0.305 e. The average molecular weight is 279 g/mol. The molecule has 0 heterocycles. The number of carbonyl (C=O) groups is 1. The topological polar surface area (TPSA) is 87.1 Å². The molecule has 1 aromatic carbocycles. The Kier molecular flexibility index (Phi) is 3.79. The molecule has 0 radical (unpaired) electrons. The Bertz CT molecular complexity index is 547. The van der Waals surface area contributed by atoms with E-state index < -0.39 is 17.4 Å². The number of carboxylic acids is 1. The zero-order valence-corrected chi connectivity index (χ0v) is 11.2. The number of benzene rings is 1. The minimum absolute atomic E-state index is 0.153. The zero-order valence-electron chi connectivity index (χ0n) is 10.4. The summed E-state index contributed by atoms with van der Waals surface area (Å²) in [4.78, 5) is 10.7. The second kappa shape index (κ2) is 5.20. The van der Waals surface area contributed by atoms with Gasteiger partial charge in [-0.1, -0.05) is 17.7 Å². The van der Waals surface area contributed by atoms with Crippen LogP contribution in [0, 0.1) is 11.3 Å². The number of nitrogens with zero attached hydrogens (tertiary/aromatic N) is 1. The van der Waals surface area contributed by atoms with E-state index in [-0.39, 0.29) is 6.42 Å². The minimum atomic E-state index is -0.951. The molecule has 19 heavy (non-hydrogen) atoms. The van der Waals surface area contributed by atoms with Crippen LogP contribution in [0.2, 0.25) is 5.02 Å². The zero-order chi connectivity index (χ0) is 14.0. The van der Waals surface area contributed by atoms with Gasteiger partial charge in [0.2, 0.25) is 0 Å². The highest BCUT2D eigenvalue weighted by molar-refractivity contribution is 6.30. The Morgan fingerprint density at radius 2 is 2.21 bits per heavy atom. The highest BCUT2D eigenvalue weighted by Crippen LogP contribution is 2.44. The summed E-state index contributed by atoms with van der Waals surface area (Å²) in [6, 6.07) is 7.01. The van der Waals surface area contributed by atoms with Gasteiger partial charge in [0.15, 0.2) is 0 Å². The van der Waals surface area contributed by atoms with E-state index in [0.29, 0.717) is 10.6 Å². The van der Waals surface area contributed by atoms with Crippen molar-refractivity contribution in [3.05, 3.63) is 34.3 Å². The van der Waals surface area contributed by atoms with Gasteiger partial charge in [0, 0.05) is 11.1 Å². The number of hydrogen-bond donors (Lipinski definition) is 2. The van der Waals surface area contributed by atoms with E-state index >= 15 is 0 Å². The smallest absolute Gasteiger partial charge is 0.305 e. The third kappa shape index (κ3) is 2.73. The van der Waals surface area contributed by atoms with Crippen LogP contribution in [0.25, 0.3) is 0 Å². The van der Waals surface area contributed by atoms with E-state index in [0.717, 1.165) is 24.8 Å². The molecule has 0 aromatic heterocycles. The van der Waals surface area contributed by atoms with Crippen LogP contribution >= 0.6 is 11.6 Å². The molecule has 0 spiro atoms. The third-order valence-electron chi connectivity index (χ3n) is 3.72. The van der Waals surface area contributed by atoms with Crippen LogP contribution in [0.5, 0.6) is 0 Å². The molecule has 0 saturated heterocycles. The molecular weight excluding hydrogens is 264 g/mol. The number of halogens is 1. The highest BCUT2D eigenvalue weighted by atomic mass is 35.5. The van der Waals surface area contributed by atoms with Gasteiger partial charge in [-0.3, -0.25) is 4.79 Å². The van der Waals surface area contributed by atoms with Crippen molar-refractivity contribution < 1.29 is 9.90 Å². The summed E-state index contributed by atoms with van der Waals surface area (Å²) in [5.74, 6) is -0.951. The van der Waals surface area contributed by atoms with Crippen LogP contribution in [0.3, 0.4) is 0 Å². The van der Waals surface area contributed by atoms with Crippen molar-refractivity contribution in [2.75, 3.05) is 0 Å². The summed E-state index contributed by atoms with van der Waals surface area (Å²) >= 11 is 6.06. The van der Waals surface area contributed by atoms with Gasteiger partial charge in [-0.05, 0) is 42.5 Å². The molecule has 0 unspecified atom stereocenters. The van der Waals surface area contributed by atoms with Crippen molar-refractivity contribution in [2.45, 2.75) is 37.1 Å². The van der Waals surface area contributed by atoms with Crippen molar-refractivity contribution in [3.63, 3.8) is 0 Å². The molecule has 5 heteroatoms. The molecule has 1 atom stereocenters. The Labute approximate surface area is 116 Å². The van der Waals surface area contributed by atoms with E-state index in [9.17, 15) is 10.1 Å². The monoisotopic (exact) mass is 278 g/mol. The molecule has 2 rings (SSSR count). The summed E-state index contributed by atoms with van der Waals surface area (Å²) in [6.45, 7) is 0. The SMILES string of the molecule is N#CC1(c2cc(Cl)cc([C@@H](N)CC(=O)O)c2)CCC1. The predicted octanol–water partition coefficient (Wildman–Crippen LogP) is 2.76. The second-order valence-electron chi connectivity index (χ2n) is 5.03. The van der Waals surface area contributed by atoms with Crippen molar-refractivity contribution in [2.24, 2.45) is 5.73 Å². The predicted molar refractivity (Wildman–Crippen MR) is 71.8 cm³/mol. The maximum absolute atomic E-state index is 10.7. The number of aliphatic carboxylic acids is 1. The van der Waals surface area contributed by atoms with E-state index in [1.807, 2.05) is 6.07 Å². The molecule has 100 valence electrons. The van der Waals surface area contributed by atoms with Crippen molar-refractivity contribution in [1.82, 2.24) is 0 Å². The van der Waals surface area contributed by atoms with E-state index in [1.54, 1.807) is 12.1 Å². The van der Waals surface area contributed by atoms with Gasteiger partial charge in [-0.2, -0.15) is 5.26 Å². The summed E-state index contributed by atoms with van der Waals surface area (Å²) in [5.41, 5.74) is 6.91. The first-order valence-electron chi connectivity index (χ1n) is 6.16. The molecule has 0 bridgehead atoms. The lowest BCUT2D eigenvalue weighted by atomic mass is 9.65. The number of carboxylic acid groups (broad SMARTS) is 1. The minimum Gasteiger partial charge on any atom is -0.481 e. The van der Waals surface area contributed by atoms with Crippen LogP contribution in [0.1, 0.15) is 42.9 Å². The molecule has 0 aliphatic heterocycles. The van der Waals surface area contributed by atoms with Gasteiger partial charge >= 0.3 is 5.97 Å². The van der Waals surface area contributed by atoms with Crippen molar-refractivity contribution in [3.8, 4) is 6.07 Å². The van der Waals surface area contributed by atoms with Crippen LogP contribution in [0.4, 0.5) is 0 Å². The number of nitriles is 1. The molecule has 1 aliphatic rings.